The highest BCUT2D eigenvalue weighted by molar-refractivity contribution is 7.86. The zero-order chi connectivity index (χ0) is 5.86. The Kier molecular flexibility index (Phi) is 16.2. The van der Waals surface area contributed by atoms with Crippen LogP contribution in [0, 0.1) is 0 Å². The van der Waals surface area contributed by atoms with Crippen LogP contribution in [0.5, 0.6) is 0 Å². The first-order valence-electron chi connectivity index (χ1n) is 1.47. The van der Waals surface area contributed by atoms with Crippen LogP contribution in [0.1, 0.15) is 0 Å². The van der Waals surface area contributed by atoms with Crippen molar-refractivity contribution in [3.8, 4) is 0 Å². The van der Waals surface area contributed by atoms with Gasteiger partial charge in [0.1, 0.15) is 0 Å². The van der Waals surface area contributed by atoms with Crippen LogP contribution in [0.4, 0.5) is 8.78 Å². The predicted molar refractivity (Wildman–Crippen MR) is 46.6 cm³/mol. The molecule has 0 atom stereocenters. The maximum Gasteiger partial charge on any atom is 0.259 e. The van der Waals surface area contributed by atoms with Gasteiger partial charge in [0, 0.05) is 6.08 Å². The van der Waals surface area contributed by atoms with Crippen molar-refractivity contribution in [3.05, 3.63) is 10.4 Å². The van der Waals surface area contributed by atoms with Crippen molar-refractivity contribution >= 4 is 50.1 Å². The quantitative estimate of drug-likeness (QED) is 0.639. The van der Waals surface area contributed by atoms with E-state index in [2.05, 4.69) is 12.6 Å². The third-order valence-electron chi connectivity index (χ3n) is 0.264. The molecule has 0 aliphatic heterocycles. The highest BCUT2D eigenvalue weighted by atomic mass is 35.5. The van der Waals surface area contributed by atoms with E-state index in [1.807, 2.05) is 0 Å². The van der Waals surface area contributed by atoms with E-state index in [1.54, 1.807) is 0 Å². The van der Waals surface area contributed by atoms with Crippen molar-refractivity contribution in [1.29, 1.82) is 0 Å². The van der Waals surface area contributed by atoms with Gasteiger partial charge in [0.25, 0.3) is 6.43 Å². The van der Waals surface area contributed by atoms with E-state index in [1.165, 1.54) is 0 Å². The molecule has 0 nitrogen and oxygen atoms in total. The summed E-state index contributed by atoms with van der Waals surface area (Å²) in [5, 5.41) is 0. The molecule has 0 aromatic carbocycles. The molecule has 0 aromatic heterocycles. The fourth-order valence-corrected chi connectivity index (χ4v) is 0.312. The molecule has 0 fully saturated rings. The summed E-state index contributed by atoms with van der Waals surface area (Å²) in [7, 11) is 0. The zero-order valence-corrected chi connectivity index (χ0v) is 7.61. The van der Waals surface area contributed by atoms with Gasteiger partial charge in [-0.3, -0.25) is 0 Å². The highest BCUT2D eigenvalue weighted by Crippen LogP contribution is 2.08. The maximum atomic E-state index is 11.1. The van der Waals surface area contributed by atoms with Crippen LogP contribution in [0.3, 0.4) is 0 Å². The van der Waals surface area contributed by atoms with Crippen LogP contribution in [0.25, 0.3) is 0 Å². The summed E-state index contributed by atoms with van der Waals surface area (Å²) in [4.78, 5) is 0. The van der Waals surface area contributed by atoms with Crippen molar-refractivity contribution < 1.29 is 8.78 Å². The molecule has 6 heteroatoms. The Morgan fingerprint density at radius 2 is 1.89 bits per heavy atom. The lowest BCUT2D eigenvalue weighted by molar-refractivity contribution is 0.204. The van der Waals surface area contributed by atoms with Crippen molar-refractivity contribution in [3.63, 3.8) is 0 Å². The predicted octanol–water partition coefficient (Wildman–Crippen LogP) is 2.80. The van der Waals surface area contributed by atoms with Crippen LogP contribution in [-0.4, -0.2) is 6.43 Å². The molecule has 0 saturated carbocycles. The Morgan fingerprint density at radius 1 is 1.56 bits per heavy atom. The molecular formula is C3H6Cl2F2S2. The lowest BCUT2D eigenvalue weighted by Crippen LogP contribution is -1.78. The minimum Gasteiger partial charge on any atom is -0.206 e. The van der Waals surface area contributed by atoms with Crippen molar-refractivity contribution in [2.24, 2.45) is 0 Å². The van der Waals surface area contributed by atoms with E-state index in [9.17, 15) is 8.78 Å². The van der Waals surface area contributed by atoms with Gasteiger partial charge in [0.05, 0.1) is 4.36 Å². The molecule has 0 spiro atoms. The SMILES string of the molecule is Cl.FC(F)C=C(S)Cl.S. The summed E-state index contributed by atoms with van der Waals surface area (Å²) in [6.07, 6.45) is -1.95. The first kappa shape index (κ1) is 16.5. The Balaban J connectivity index is -0.000000180. The molecule has 0 amide bonds. The molecule has 0 N–H and O–H groups in total. The molecule has 0 aromatic rings. The summed E-state index contributed by atoms with van der Waals surface area (Å²) in [5.74, 6) is 0. The number of rotatable bonds is 1. The smallest absolute Gasteiger partial charge is 0.206 e. The van der Waals surface area contributed by atoms with Crippen molar-refractivity contribution in [2.45, 2.75) is 6.43 Å². The van der Waals surface area contributed by atoms with Crippen LogP contribution in [-0.2, 0) is 0 Å². The second-order valence-electron chi connectivity index (χ2n) is 0.824. The lowest BCUT2D eigenvalue weighted by Gasteiger charge is -1.83. The van der Waals surface area contributed by atoms with Gasteiger partial charge in [-0.1, -0.05) is 11.6 Å². The lowest BCUT2D eigenvalue weighted by atomic mass is 10.7. The second kappa shape index (κ2) is 8.88. The van der Waals surface area contributed by atoms with Gasteiger partial charge in [0.2, 0.25) is 0 Å². The molecule has 9 heavy (non-hydrogen) atoms. The highest BCUT2D eigenvalue weighted by Gasteiger charge is 1.93. The third kappa shape index (κ3) is 17.7. The number of allylic oxidation sites excluding steroid dienone is 1. The van der Waals surface area contributed by atoms with E-state index in [0.29, 0.717) is 6.08 Å². The molecule has 0 aliphatic rings. The number of thiol groups is 1. The van der Waals surface area contributed by atoms with Gasteiger partial charge in [-0.2, -0.15) is 13.5 Å². The van der Waals surface area contributed by atoms with E-state index in [4.69, 9.17) is 11.6 Å². The summed E-state index contributed by atoms with van der Waals surface area (Å²) < 4.78 is 22.0. The number of alkyl halides is 2. The maximum absolute atomic E-state index is 11.1. The van der Waals surface area contributed by atoms with E-state index in [-0.39, 0.29) is 30.3 Å². The van der Waals surface area contributed by atoms with Gasteiger partial charge in [-0.05, 0) is 0 Å². The van der Waals surface area contributed by atoms with Gasteiger partial charge in [-0.25, -0.2) is 8.78 Å². The Bertz CT molecular complexity index is 81.9. The fourth-order valence-electron chi connectivity index (χ4n) is 0.104. The van der Waals surface area contributed by atoms with Crippen molar-refractivity contribution in [1.82, 2.24) is 0 Å². The van der Waals surface area contributed by atoms with Crippen LogP contribution >= 0.6 is 50.1 Å². The first-order valence-corrected chi connectivity index (χ1v) is 2.30. The van der Waals surface area contributed by atoms with Gasteiger partial charge < -0.3 is 0 Å². The van der Waals surface area contributed by atoms with E-state index < -0.39 is 6.43 Å². The van der Waals surface area contributed by atoms with Crippen LogP contribution in [0.15, 0.2) is 10.4 Å². The largest absolute Gasteiger partial charge is 0.259 e. The normalized spacial score (nSPS) is 10.1. The standard InChI is InChI=1S/C3H3ClF2S.ClH.H2S/c4-2(7)1-3(5)6;;/h1,3,7H;1H;1H2. The Hall–Kier alpha value is 0.880. The van der Waals surface area contributed by atoms with Crippen LogP contribution in [0.2, 0.25) is 0 Å². The monoisotopic (exact) mass is 214 g/mol. The second-order valence-corrected chi connectivity index (χ2v) is 1.98. The van der Waals surface area contributed by atoms with E-state index >= 15 is 0 Å². The molecule has 58 valence electrons. The summed E-state index contributed by atoms with van der Waals surface area (Å²) in [6.45, 7) is 0. The zero-order valence-electron chi connectivity index (χ0n) is 4.14. The molecular weight excluding hydrogens is 209 g/mol. The summed E-state index contributed by atoms with van der Waals surface area (Å²) in [6, 6.07) is 0. The molecule has 0 unspecified atom stereocenters. The van der Waals surface area contributed by atoms with Gasteiger partial charge in [-0.15, -0.1) is 25.0 Å². The minimum atomic E-state index is -2.50. The number of hydrogen-bond donors (Lipinski definition) is 1. The molecule has 0 bridgehead atoms. The van der Waals surface area contributed by atoms with E-state index in [0.717, 1.165) is 0 Å². The minimum absolute atomic E-state index is 0. The molecule has 0 rings (SSSR count). The summed E-state index contributed by atoms with van der Waals surface area (Å²) >= 11 is 8.30. The Labute approximate surface area is 75.9 Å². The van der Waals surface area contributed by atoms with Crippen molar-refractivity contribution in [2.75, 3.05) is 0 Å². The first-order chi connectivity index (χ1) is 3.13. The molecule has 0 aliphatic carbocycles. The molecule has 0 radical (unpaired) electrons. The topological polar surface area (TPSA) is 0 Å². The average molecular weight is 215 g/mol. The third-order valence-corrected chi connectivity index (χ3v) is 0.539. The van der Waals surface area contributed by atoms with Gasteiger partial charge >= 0.3 is 0 Å². The number of hydrogen-bond acceptors (Lipinski definition) is 1. The average Bonchev–Trinajstić information content (AvgIpc) is 1.27. The number of halogens is 4. The Morgan fingerprint density at radius 3 is 1.89 bits per heavy atom. The summed E-state index contributed by atoms with van der Waals surface area (Å²) in [5.41, 5.74) is 0. The van der Waals surface area contributed by atoms with Gasteiger partial charge in [0.15, 0.2) is 0 Å². The fraction of sp³-hybridized carbons (Fsp3) is 0.333. The molecule has 0 heterocycles. The molecule has 0 saturated heterocycles. The van der Waals surface area contributed by atoms with Crippen LogP contribution < -0.4 is 0 Å².